The lowest BCUT2D eigenvalue weighted by Gasteiger charge is -2.37. The molecular weight excluding hydrogens is 338 g/mol. The third kappa shape index (κ3) is 4.56. The van der Waals surface area contributed by atoms with E-state index in [0.29, 0.717) is 18.1 Å². The summed E-state index contributed by atoms with van der Waals surface area (Å²) in [7, 11) is 0. The first-order valence-electron chi connectivity index (χ1n) is 9.76. The Morgan fingerprint density at radius 1 is 1.07 bits per heavy atom. The van der Waals surface area contributed by atoms with Gasteiger partial charge in [-0.3, -0.25) is 4.79 Å². The Morgan fingerprint density at radius 3 is 2.41 bits per heavy atom. The van der Waals surface area contributed by atoms with Gasteiger partial charge in [-0.25, -0.2) is 9.97 Å². The molecule has 0 bridgehead atoms. The number of nitrogens with one attached hydrogen (secondary N) is 1. The summed E-state index contributed by atoms with van der Waals surface area (Å²) in [5.74, 6) is 0.593. The van der Waals surface area contributed by atoms with Crippen LogP contribution < -0.4 is 15.1 Å². The molecule has 0 unspecified atom stereocenters. The number of nitrogens with zero attached hydrogens (tertiary/aromatic N) is 4. The molecule has 1 N–H and O–H groups in total. The number of amides is 1. The zero-order chi connectivity index (χ0) is 19.2. The van der Waals surface area contributed by atoms with E-state index in [-0.39, 0.29) is 5.91 Å². The minimum atomic E-state index is -0.102. The smallest absolute Gasteiger partial charge is 0.254 e. The van der Waals surface area contributed by atoms with Crippen LogP contribution in [-0.2, 0) is 0 Å². The molecule has 0 saturated carbocycles. The predicted molar refractivity (Wildman–Crippen MR) is 110 cm³/mol. The summed E-state index contributed by atoms with van der Waals surface area (Å²) in [6.07, 6.45) is 5.29. The van der Waals surface area contributed by atoms with Crippen LogP contribution in [0.4, 0.5) is 11.6 Å². The lowest BCUT2D eigenvalue weighted by molar-refractivity contribution is 0.0952. The van der Waals surface area contributed by atoms with E-state index in [9.17, 15) is 4.79 Å². The zero-order valence-corrected chi connectivity index (χ0v) is 16.5. The normalized spacial score (nSPS) is 14.3. The summed E-state index contributed by atoms with van der Waals surface area (Å²) >= 11 is 0. The van der Waals surface area contributed by atoms with E-state index < -0.39 is 0 Å². The quantitative estimate of drug-likeness (QED) is 0.796. The standard InChI is InChI=1S/C21H29N5O/c1-4-5-9-22-20(27)18-14-23-21(24-15-18)26-12-10-25(11-13-26)19-8-6-7-16(2)17(19)3/h6-8,14-15H,4-5,9-13H2,1-3H3,(H,22,27). The molecule has 27 heavy (non-hydrogen) atoms. The molecule has 1 saturated heterocycles. The second-order valence-corrected chi connectivity index (χ2v) is 7.07. The maximum atomic E-state index is 12.1. The topological polar surface area (TPSA) is 61.4 Å². The third-order valence-corrected chi connectivity index (χ3v) is 5.20. The first kappa shape index (κ1) is 19.1. The Labute approximate surface area is 161 Å². The molecule has 0 spiro atoms. The highest BCUT2D eigenvalue weighted by molar-refractivity contribution is 5.93. The van der Waals surface area contributed by atoms with Gasteiger partial charge >= 0.3 is 0 Å². The second-order valence-electron chi connectivity index (χ2n) is 7.07. The molecule has 1 fully saturated rings. The minimum Gasteiger partial charge on any atom is -0.368 e. The van der Waals surface area contributed by atoms with Gasteiger partial charge in [0.2, 0.25) is 5.95 Å². The Morgan fingerprint density at radius 2 is 1.74 bits per heavy atom. The van der Waals surface area contributed by atoms with Crippen LogP contribution in [0.15, 0.2) is 30.6 Å². The van der Waals surface area contributed by atoms with Crippen LogP contribution in [0.3, 0.4) is 0 Å². The van der Waals surface area contributed by atoms with Crippen molar-refractivity contribution in [3.8, 4) is 0 Å². The molecule has 3 rings (SSSR count). The van der Waals surface area contributed by atoms with E-state index in [1.54, 1.807) is 12.4 Å². The summed E-state index contributed by atoms with van der Waals surface area (Å²) in [6.45, 7) is 10.7. The number of aromatic nitrogens is 2. The molecule has 6 heteroatoms. The molecule has 0 atom stereocenters. The number of hydrogen-bond acceptors (Lipinski definition) is 5. The van der Waals surface area contributed by atoms with Gasteiger partial charge < -0.3 is 15.1 Å². The lowest BCUT2D eigenvalue weighted by atomic mass is 10.1. The highest BCUT2D eigenvalue weighted by atomic mass is 16.1. The number of unbranched alkanes of at least 4 members (excludes halogenated alkanes) is 1. The molecule has 144 valence electrons. The molecule has 0 radical (unpaired) electrons. The fourth-order valence-electron chi connectivity index (χ4n) is 3.31. The zero-order valence-electron chi connectivity index (χ0n) is 16.5. The van der Waals surface area contributed by atoms with E-state index in [2.05, 4.69) is 64.1 Å². The number of piperazine rings is 1. The van der Waals surface area contributed by atoms with E-state index in [1.165, 1.54) is 16.8 Å². The molecule has 1 amide bonds. The molecule has 0 aliphatic carbocycles. The number of carbonyl (C=O) groups is 1. The average molecular weight is 367 g/mol. The summed E-state index contributed by atoms with van der Waals surface area (Å²) < 4.78 is 0. The number of benzene rings is 1. The first-order chi connectivity index (χ1) is 13.1. The lowest BCUT2D eigenvalue weighted by Crippen LogP contribution is -2.47. The van der Waals surface area contributed by atoms with Crippen LogP contribution in [-0.4, -0.2) is 48.6 Å². The Balaban J connectivity index is 1.58. The molecule has 1 aromatic carbocycles. The number of anilines is 2. The predicted octanol–water partition coefficient (Wildman–Crippen LogP) is 2.95. The fourth-order valence-corrected chi connectivity index (χ4v) is 3.31. The highest BCUT2D eigenvalue weighted by Crippen LogP contribution is 2.24. The van der Waals surface area contributed by atoms with Gasteiger partial charge in [-0.05, 0) is 37.5 Å². The van der Waals surface area contributed by atoms with Gasteiger partial charge in [-0.1, -0.05) is 25.5 Å². The first-order valence-corrected chi connectivity index (χ1v) is 9.76. The summed E-state index contributed by atoms with van der Waals surface area (Å²) in [5, 5.41) is 2.89. The van der Waals surface area contributed by atoms with Gasteiger partial charge in [0.25, 0.3) is 5.91 Å². The van der Waals surface area contributed by atoms with Crippen molar-refractivity contribution in [3.63, 3.8) is 0 Å². The van der Waals surface area contributed by atoms with Crippen molar-refractivity contribution >= 4 is 17.5 Å². The number of hydrogen-bond donors (Lipinski definition) is 1. The van der Waals surface area contributed by atoms with E-state index >= 15 is 0 Å². The summed E-state index contributed by atoms with van der Waals surface area (Å²) in [5.41, 5.74) is 4.50. The summed E-state index contributed by atoms with van der Waals surface area (Å²) in [4.78, 5) is 25.5. The maximum absolute atomic E-state index is 12.1. The van der Waals surface area contributed by atoms with Crippen molar-refractivity contribution in [2.75, 3.05) is 42.5 Å². The van der Waals surface area contributed by atoms with Crippen LogP contribution in [0.2, 0.25) is 0 Å². The van der Waals surface area contributed by atoms with Crippen LogP contribution in [0.1, 0.15) is 41.3 Å². The maximum Gasteiger partial charge on any atom is 0.254 e. The van der Waals surface area contributed by atoms with Crippen molar-refractivity contribution in [2.45, 2.75) is 33.6 Å². The van der Waals surface area contributed by atoms with Gasteiger partial charge in [0.15, 0.2) is 0 Å². The van der Waals surface area contributed by atoms with Gasteiger partial charge in [0.05, 0.1) is 5.56 Å². The third-order valence-electron chi connectivity index (χ3n) is 5.20. The van der Waals surface area contributed by atoms with Crippen LogP contribution >= 0.6 is 0 Å². The largest absolute Gasteiger partial charge is 0.368 e. The number of carbonyl (C=O) groups excluding carboxylic acids is 1. The highest BCUT2D eigenvalue weighted by Gasteiger charge is 2.20. The van der Waals surface area contributed by atoms with E-state index in [4.69, 9.17) is 0 Å². The SMILES string of the molecule is CCCCNC(=O)c1cnc(N2CCN(c3cccc(C)c3C)CC2)nc1. The Bertz CT molecular complexity index is 767. The molecule has 2 heterocycles. The minimum absolute atomic E-state index is 0.102. The van der Waals surface area contributed by atoms with Gasteiger partial charge in [0.1, 0.15) is 0 Å². The second kappa shape index (κ2) is 8.84. The number of rotatable bonds is 6. The summed E-state index contributed by atoms with van der Waals surface area (Å²) in [6, 6.07) is 6.47. The van der Waals surface area contributed by atoms with Crippen LogP contribution in [0.25, 0.3) is 0 Å². The van der Waals surface area contributed by atoms with Crippen LogP contribution in [0, 0.1) is 13.8 Å². The monoisotopic (exact) mass is 367 g/mol. The van der Waals surface area contributed by atoms with Crippen molar-refractivity contribution in [3.05, 3.63) is 47.3 Å². The molecule has 2 aromatic rings. The molecule has 6 nitrogen and oxygen atoms in total. The Kier molecular flexibility index (Phi) is 6.27. The van der Waals surface area contributed by atoms with Gasteiger partial charge in [-0.2, -0.15) is 0 Å². The van der Waals surface area contributed by atoms with Gasteiger partial charge in [-0.15, -0.1) is 0 Å². The average Bonchev–Trinajstić information content (AvgIpc) is 2.70. The van der Waals surface area contributed by atoms with Crippen molar-refractivity contribution in [1.82, 2.24) is 15.3 Å². The fraction of sp³-hybridized carbons (Fsp3) is 0.476. The Hall–Kier alpha value is -2.63. The molecule has 1 aliphatic rings. The molecule has 1 aliphatic heterocycles. The van der Waals surface area contributed by atoms with E-state index in [0.717, 1.165) is 39.0 Å². The van der Waals surface area contributed by atoms with Crippen molar-refractivity contribution < 1.29 is 4.79 Å². The van der Waals surface area contributed by atoms with Crippen molar-refractivity contribution in [1.29, 1.82) is 0 Å². The number of aryl methyl sites for hydroxylation is 1. The van der Waals surface area contributed by atoms with Gasteiger partial charge in [0, 0.05) is 50.8 Å². The molecular formula is C21H29N5O. The van der Waals surface area contributed by atoms with Crippen LogP contribution in [0.5, 0.6) is 0 Å². The molecule has 1 aromatic heterocycles. The van der Waals surface area contributed by atoms with Crippen molar-refractivity contribution in [2.24, 2.45) is 0 Å². The van der Waals surface area contributed by atoms with E-state index in [1.807, 2.05) is 0 Å².